The van der Waals surface area contributed by atoms with Gasteiger partial charge in [-0.25, -0.2) is 4.98 Å². The summed E-state index contributed by atoms with van der Waals surface area (Å²) in [5.74, 6) is 1.21. The predicted octanol–water partition coefficient (Wildman–Crippen LogP) is 3.08. The van der Waals surface area contributed by atoms with Crippen LogP contribution in [0.2, 0.25) is 0 Å². The number of benzene rings is 1. The van der Waals surface area contributed by atoms with Crippen molar-refractivity contribution in [2.75, 3.05) is 18.8 Å². The molecule has 0 saturated carbocycles. The summed E-state index contributed by atoms with van der Waals surface area (Å²) < 4.78 is 0. The number of hydrogen-bond donors (Lipinski definition) is 1. The maximum Gasteiger partial charge on any atom is 0.256 e. The zero-order valence-corrected chi connectivity index (χ0v) is 12.4. The molecule has 2 aromatic rings. The minimum absolute atomic E-state index is 0.0808. The highest BCUT2D eigenvalue weighted by Gasteiger charge is 2.27. The van der Waals surface area contributed by atoms with Crippen molar-refractivity contribution in [3.8, 4) is 0 Å². The van der Waals surface area contributed by atoms with Crippen LogP contribution in [-0.4, -0.2) is 28.9 Å². The Hall–Kier alpha value is -2.10. The van der Waals surface area contributed by atoms with E-state index in [-0.39, 0.29) is 5.91 Å². The number of nitrogen functional groups attached to an aromatic ring is 1. The number of pyridine rings is 1. The van der Waals surface area contributed by atoms with Crippen molar-refractivity contribution in [3.63, 3.8) is 0 Å². The first kappa shape index (κ1) is 13.9. The number of nitrogens with two attached hydrogens (primary N) is 1. The van der Waals surface area contributed by atoms with Crippen LogP contribution in [0.1, 0.15) is 36.5 Å². The molecule has 1 unspecified atom stereocenters. The number of amides is 1. The molecular formula is C17H21N3O. The number of carbonyl (C=O) groups excluding carboxylic acids is 1. The number of likely N-dealkylation sites (tertiary alicyclic amines) is 1. The maximum atomic E-state index is 12.8. The Bertz CT molecular complexity index is 668. The molecule has 110 valence electrons. The molecule has 0 aliphatic carbocycles. The lowest BCUT2D eigenvalue weighted by Crippen LogP contribution is -2.29. The average molecular weight is 283 g/mol. The van der Waals surface area contributed by atoms with Gasteiger partial charge in [0.1, 0.15) is 5.82 Å². The lowest BCUT2D eigenvalue weighted by Gasteiger charge is -2.18. The van der Waals surface area contributed by atoms with Crippen molar-refractivity contribution in [2.45, 2.75) is 26.2 Å². The summed E-state index contributed by atoms with van der Waals surface area (Å²) in [5, 5.41) is 1.75. The van der Waals surface area contributed by atoms with Crippen LogP contribution >= 0.6 is 0 Å². The van der Waals surface area contributed by atoms with E-state index < -0.39 is 0 Å². The number of carbonyl (C=O) groups is 1. The van der Waals surface area contributed by atoms with Crippen molar-refractivity contribution in [1.29, 1.82) is 0 Å². The molecule has 2 N–H and O–H groups in total. The molecule has 4 nitrogen and oxygen atoms in total. The third-order valence-electron chi connectivity index (χ3n) is 4.33. The molecule has 0 spiro atoms. The summed E-state index contributed by atoms with van der Waals surface area (Å²) in [7, 11) is 0. The molecule has 1 fully saturated rings. The summed E-state index contributed by atoms with van der Waals surface area (Å²) in [6, 6.07) is 7.71. The first-order valence-corrected chi connectivity index (χ1v) is 7.63. The van der Waals surface area contributed by atoms with Crippen LogP contribution < -0.4 is 5.73 Å². The fraction of sp³-hybridized carbons (Fsp3) is 0.412. The number of rotatable bonds is 3. The van der Waals surface area contributed by atoms with Gasteiger partial charge >= 0.3 is 0 Å². The van der Waals surface area contributed by atoms with E-state index >= 15 is 0 Å². The Morgan fingerprint density at radius 2 is 2.14 bits per heavy atom. The molecule has 1 aromatic carbocycles. The molecule has 1 aliphatic heterocycles. The fourth-order valence-electron chi connectivity index (χ4n) is 3.22. The highest BCUT2D eigenvalue weighted by Crippen LogP contribution is 2.27. The van der Waals surface area contributed by atoms with Crippen LogP contribution in [-0.2, 0) is 0 Å². The number of nitrogens with zero attached hydrogens (tertiary/aromatic N) is 2. The quantitative estimate of drug-likeness (QED) is 0.941. The smallest absolute Gasteiger partial charge is 0.256 e. The Morgan fingerprint density at radius 1 is 1.38 bits per heavy atom. The lowest BCUT2D eigenvalue weighted by molar-refractivity contribution is 0.0788. The summed E-state index contributed by atoms with van der Waals surface area (Å²) in [6.45, 7) is 3.91. The van der Waals surface area contributed by atoms with Gasteiger partial charge in [0, 0.05) is 24.7 Å². The van der Waals surface area contributed by atoms with E-state index in [9.17, 15) is 4.79 Å². The van der Waals surface area contributed by atoms with Crippen molar-refractivity contribution in [3.05, 3.63) is 36.0 Å². The first-order chi connectivity index (χ1) is 10.2. The molecule has 1 aliphatic rings. The molecule has 1 atom stereocenters. The van der Waals surface area contributed by atoms with Crippen LogP contribution in [0.15, 0.2) is 30.5 Å². The number of fused-ring (bicyclic) bond motifs is 1. The number of hydrogen-bond acceptors (Lipinski definition) is 3. The summed E-state index contributed by atoms with van der Waals surface area (Å²) in [6.07, 6.45) is 5.11. The van der Waals surface area contributed by atoms with Crippen molar-refractivity contribution in [2.24, 2.45) is 5.92 Å². The van der Waals surface area contributed by atoms with E-state index in [0.717, 1.165) is 30.3 Å². The van der Waals surface area contributed by atoms with Gasteiger partial charge < -0.3 is 10.6 Å². The van der Waals surface area contributed by atoms with Crippen LogP contribution in [0, 0.1) is 5.92 Å². The normalized spacial score (nSPS) is 18.3. The van der Waals surface area contributed by atoms with E-state index in [1.165, 1.54) is 12.8 Å². The molecule has 21 heavy (non-hydrogen) atoms. The number of aromatic nitrogens is 1. The highest BCUT2D eigenvalue weighted by molar-refractivity contribution is 6.09. The standard InChI is InChI=1S/C17H21N3O/c1-2-5-12-8-9-20(11-12)17(21)15-10-19-16(18)14-7-4-3-6-13(14)15/h3-4,6-7,10,12H,2,5,8-9,11H2,1H3,(H2,18,19). The highest BCUT2D eigenvalue weighted by atomic mass is 16.2. The Balaban J connectivity index is 1.91. The van der Waals surface area contributed by atoms with Crippen molar-refractivity contribution >= 4 is 22.5 Å². The minimum atomic E-state index is 0.0808. The van der Waals surface area contributed by atoms with Gasteiger partial charge in [-0.1, -0.05) is 37.6 Å². The zero-order chi connectivity index (χ0) is 14.8. The van der Waals surface area contributed by atoms with Gasteiger partial charge in [-0.3, -0.25) is 4.79 Å². The van der Waals surface area contributed by atoms with Crippen molar-refractivity contribution in [1.82, 2.24) is 9.88 Å². The van der Waals surface area contributed by atoms with Crippen LogP contribution in [0.25, 0.3) is 10.8 Å². The molecule has 2 heterocycles. The summed E-state index contributed by atoms with van der Waals surface area (Å²) in [5.41, 5.74) is 6.57. The third-order valence-corrected chi connectivity index (χ3v) is 4.33. The molecule has 4 heteroatoms. The van der Waals surface area contributed by atoms with Gasteiger partial charge in [-0.15, -0.1) is 0 Å². The van der Waals surface area contributed by atoms with Gasteiger partial charge in [-0.2, -0.15) is 0 Å². The molecule has 3 rings (SSSR count). The molecule has 1 amide bonds. The summed E-state index contributed by atoms with van der Waals surface area (Å²) in [4.78, 5) is 18.9. The first-order valence-electron chi connectivity index (χ1n) is 7.63. The van der Waals surface area contributed by atoms with Gasteiger partial charge in [0.2, 0.25) is 0 Å². The van der Waals surface area contributed by atoms with E-state index in [0.29, 0.717) is 17.3 Å². The van der Waals surface area contributed by atoms with Crippen LogP contribution in [0.3, 0.4) is 0 Å². The van der Waals surface area contributed by atoms with Gasteiger partial charge in [-0.05, 0) is 24.1 Å². The molecular weight excluding hydrogens is 262 g/mol. The zero-order valence-electron chi connectivity index (χ0n) is 12.4. The van der Waals surface area contributed by atoms with Gasteiger partial charge in [0.05, 0.1) is 5.56 Å². The minimum Gasteiger partial charge on any atom is -0.383 e. The number of anilines is 1. The Morgan fingerprint density at radius 3 is 2.90 bits per heavy atom. The second-order valence-corrected chi connectivity index (χ2v) is 5.80. The second-order valence-electron chi connectivity index (χ2n) is 5.80. The lowest BCUT2D eigenvalue weighted by atomic mass is 10.0. The summed E-state index contributed by atoms with van der Waals surface area (Å²) >= 11 is 0. The van der Waals surface area contributed by atoms with E-state index in [1.807, 2.05) is 29.2 Å². The van der Waals surface area contributed by atoms with E-state index in [2.05, 4.69) is 11.9 Å². The van der Waals surface area contributed by atoms with E-state index in [1.54, 1.807) is 6.20 Å². The molecule has 0 radical (unpaired) electrons. The molecule has 0 bridgehead atoms. The Kier molecular flexibility index (Phi) is 3.78. The fourth-order valence-corrected chi connectivity index (χ4v) is 3.22. The second kappa shape index (κ2) is 5.72. The Labute approximate surface area is 125 Å². The van der Waals surface area contributed by atoms with Gasteiger partial charge in [0.25, 0.3) is 5.91 Å². The topological polar surface area (TPSA) is 59.2 Å². The molecule has 1 aromatic heterocycles. The van der Waals surface area contributed by atoms with Crippen molar-refractivity contribution < 1.29 is 4.79 Å². The maximum absolute atomic E-state index is 12.8. The third kappa shape index (κ3) is 2.58. The van der Waals surface area contributed by atoms with Crippen LogP contribution in [0.5, 0.6) is 0 Å². The van der Waals surface area contributed by atoms with Crippen LogP contribution in [0.4, 0.5) is 5.82 Å². The van der Waals surface area contributed by atoms with E-state index in [4.69, 9.17) is 5.73 Å². The van der Waals surface area contributed by atoms with Gasteiger partial charge in [0.15, 0.2) is 0 Å². The SMILES string of the molecule is CCCC1CCN(C(=O)c2cnc(N)c3ccccc23)C1. The monoisotopic (exact) mass is 283 g/mol. The average Bonchev–Trinajstić information content (AvgIpc) is 2.96. The largest absolute Gasteiger partial charge is 0.383 e. The molecule has 1 saturated heterocycles. The predicted molar refractivity (Wildman–Crippen MR) is 85.1 cm³/mol.